The second-order valence-corrected chi connectivity index (χ2v) is 4.84. The number of halogens is 1. The van der Waals surface area contributed by atoms with Gasteiger partial charge < -0.3 is 0 Å². The Kier molecular flexibility index (Phi) is 5.03. The molecule has 96 valence electrons. The van der Waals surface area contributed by atoms with E-state index in [9.17, 15) is 0 Å². The number of hydrogen-bond acceptors (Lipinski definition) is 1. The molecule has 19 heavy (non-hydrogen) atoms. The highest BCUT2D eigenvalue weighted by Gasteiger charge is 2.01. The minimum absolute atomic E-state index is 0.722. The van der Waals surface area contributed by atoms with Gasteiger partial charge >= 0.3 is 0 Å². The summed E-state index contributed by atoms with van der Waals surface area (Å²) in [4.78, 5) is 2.15. The van der Waals surface area contributed by atoms with E-state index in [1.807, 2.05) is 61.6 Å². The van der Waals surface area contributed by atoms with Crippen LogP contribution in [0.5, 0.6) is 0 Å². The van der Waals surface area contributed by atoms with Crippen molar-refractivity contribution in [1.82, 2.24) is 4.90 Å². The van der Waals surface area contributed by atoms with E-state index in [1.165, 1.54) is 0 Å². The van der Waals surface area contributed by atoms with Gasteiger partial charge in [-0.25, -0.2) is 0 Å². The van der Waals surface area contributed by atoms with Crippen LogP contribution in [-0.2, 0) is 6.54 Å². The summed E-state index contributed by atoms with van der Waals surface area (Å²) in [6.45, 7) is 1.53. The molecule has 0 unspecified atom stereocenters. The van der Waals surface area contributed by atoms with E-state index in [4.69, 9.17) is 11.6 Å². The van der Waals surface area contributed by atoms with Crippen molar-refractivity contribution in [3.63, 3.8) is 0 Å². The van der Waals surface area contributed by atoms with Gasteiger partial charge in [0, 0.05) is 17.1 Å². The molecule has 2 rings (SSSR count). The molecule has 0 spiro atoms. The van der Waals surface area contributed by atoms with Crippen molar-refractivity contribution in [2.75, 3.05) is 13.6 Å². The second-order valence-electron chi connectivity index (χ2n) is 4.43. The van der Waals surface area contributed by atoms with Gasteiger partial charge in [0.1, 0.15) is 0 Å². The number of hydrogen-bond donors (Lipinski definition) is 0. The standard InChI is InChI=1S/C17H16ClN/c1-19(14-16-11-5-6-12-17(16)18)13-7-10-15-8-3-2-4-9-15/h2-6,8-9,11-12H,13-14H2,1H3. The van der Waals surface area contributed by atoms with Gasteiger partial charge in [-0.15, -0.1) is 0 Å². The topological polar surface area (TPSA) is 3.24 Å². The zero-order valence-electron chi connectivity index (χ0n) is 10.9. The van der Waals surface area contributed by atoms with Crippen LogP contribution in [0.1, 0.15) is 11.1 Å². The molecule has 0 N–H and O–H groups in total. The second kappa shape index (κ2) is 6.99. The smallest absolute Gasteiger partial charge is 0.0605 e. The first kappa shape index (κ1) is 13.7. The largest absolute Gasteiger partial charge is 0.291 e. The molecule has 0 aromatic heterocycles. The lowest BCUT2D eigenvalue weighted by Gasteiger charge is -2.14. The van der Waals surface area contributed by atoms with E-state index in [1.54, 1.807) is 0 Å². The molecule has 0 atom stereocenters. The van der Waals surface area contributed by atoms with Crippen molar-refractivity contribution in [3.05, 3.63) is 70.7 Å². The first-order valence-electron chi connectivity index (χ1n) is 6.21. The summed E-state index contributed by atoms with van der Waals surface area (Å²) in [5.74, 6) is 6.33. The summed E-state index contributed by atoms with van der Waals surface area (Å²) in [6, 6.07) is 17.9. The molecular weight excluding hydrogens is 254 g/mol. The Hall–Kier alpha value is -1.75. The van der Waals surface area contributed by atoms with Crippen LogP contribution >= 0.6 is 11.6 Å². The molecule has 0 saturated heterocycles. The van der Waals surface area contributed by atoms with Gasteiger partial charge in [0.25, 0.3) is 0 Å². The van der Waals surface area contributed by atoms with Crippen molar-refractivity contribution in [1.29, 1.82) is 0 Å². The minimum atomic E-state index is 0.722. The van der Waals surface area contributed by atoms with Crippen molar-refractivity contribution in [2.45, 2.75) is 6.54 Å². The first-order chi connectivity index (χ1) is 9.25. The van der Waals surface area contributed by atoms with Crippen molar-refractivity contribution >= 4 is 11.6 Å². The van der Waals surface area contributed by atoms with Gasteiger partial charge in [-0.05, 0) is 30.8 Å². The fourth-order valence-corrected chi connectivity index (χ4v) is 1.97. The number of nitrogens with zero attached hydrogens (tertiary/aromatic N) is 1. The van der Waals surface area contributed by atoms with E-state index in [0.717, 1.165) is 29.2 Å². The molecule has 0 heterocycles. The average Bonchev–Trinajstić information content (AvgIpc) is 2.43. The van der Waals surface area contributed by atoms with Crippen molar-refractivity contribution < 1.29 is 0 Å². The van der Waals surface area contributed by atoms with E-state index < -0.39 is 0 Å². The molecule has 0 aliphatic heterocycles. The molecule has 0 bridgehead atoms. The van der Waals surface area contributed by atoms with Crippen molar-refractivity contribution in [3.8, 4) is 11.8 Å². The first-order valence-corrected chi connectivity index (χ1v) is 6.59. The maximum atomic E-state index is 6.14. The predicted octanol–water partition coefficient (Wildman–Crippen LogP) is 3.82. The fourth-order valence-electron chi connectivity index (χ4n) is 1.77. The van der Waals surface area contributed by atoms with Crippen LogP contribution in [0.3, 0.4) is 0 Å². The lowest BCUT2D eigenvalue weighted by molar-refractivity contribution is 0.369. The Morgan fingerprint density at radius 1 is 1.00 bits per heavy atom. The summed E-state index contributed by atoms with van der Waals surface area (Å²) in [7, 11) is 2.04. The van der Waals surface area contributed by atoms with Crippen LogP contribution < -0.4 is 0 Å². The van der Waals surface area contributed by atoms with E-state index >= 15 is 0 Å². The molecule has 2 aromatic carbocycles. The Morgan fingerprint density at radius 3 is 2.42 bits per heavy atom. The molecule has 0 aliphatic rings. The molecule has 0 aliphatic carbocycles. The van der Waals surface area contributed by atoms with E-state index in [0.29, 0.717) is 0 Å². The van der Waals surface area contributed by atoms with Gasteiger partial charge in [0.2, 0.25) is 0 Å². The fraction of sp³-hybridized carbons (Fsp3) is 0.176. The maximum Gasteiger partial charge on any atom is 0.0605 e. The summed E-state index contributed by atoms with van der Waals surface area (Å²) in [5.41, 5.74) is 2.18. The van der Waals surface area contributed by atoms with Crippen LogP contribution in [0, 0.1) is 11.8 Å². The zero-order valence-corrected chi connectivity index (χ0v) is 11.7. The average molecular weight is 270 g/mol. The highest BCUT2D eigenvalue weighted by Crippen LogP contribution is 2.16. The van der Waals surface area contributed by atoms with Crippen LogP contribution in [0.15, 0.2) is 54.6 Å². The lowest BCUT2D eigenvalue weighted by Crippen LogP contribution is -2.18. The van der Waals surface area contributed by atoms with Gasteiger partial charge in [-0.2, -0.15) is 0 Å². The molecule has 2 aromatic rings. The number of rotatable bonds is 3. The third-order valence-corrected chi connectivity index (χ3v) is 3.12. The predicted molar refractivity (Wildman–Crippen MR) is 81.1 cm³/mol. The summed E-state index contributed by atoms with van der Waals surface area (Å²) in [6.07, 6.45) is 0. The summed E-state index contributed by atoms with van der Waals surface area (Å²) in [5, 5.41) is 0.811. The van der Waals surface area contributed by atoms with Crippen molar-refractivity contribution in [2.24, 2.45) is 0 Å². The van der Waals surface area contributed by atoms with Gasteiger partial charge in [0.15, 0.2) is 0 Å². The highest BCUT2D eigenvalue weighted by molar-refractivity contribution is 6.31. The Bertz CT molecular complexity index is 581. The summed E-state index contributed by atoms with van der Waals surface area (Å²) < 4.78 is 0. The maximum absolute atomic E-state index is 6.14. The van der Waals surface area contributed by atoms with Gasteiger partial charge in [-0.3, -0.25) is 4.90 Å². The lowest BCUT2D eigenvalue weighted by atomic mass is 10.2. The molecule has 0 amide bonds. The molecular formula is C17H16ClN. The molecule has 0 saturated carbocycles. The quantitative estimate of drug-likeness (QED) is 0.766. The van der Waals surface area contributed by atoms with Crippen LogP contribution in [0.4, 0.5) is 0 Å². The van der Waals surface area contributed by atoms with Crippen LogP contribution in [0.2, 0.25) is 5.02 Å². The Labute approximate surface area is 119 Å². The Balaban J connectivity index is 1.91. The van der Waals surface area contributed by atoms with Gasteiger partial charge in [0.05, 0.1) is 6.54 Å². The molecule has 1 nitrogen and oxygen atoms in total. The highest BCUT2D eigenvalue weighted by atomic mass is 35.5. The third kappa shape index (κ3) is 4.44. The monoisotopic (exact) mass is 269 g/mol. The normalized spacial score (nSPS) is 10.1. The van der Waals surface area contributed by atoms with E-state index in [-0.39, 0.29) is 0 Å². The van der Waals surface area contributed by atoms with Gasteiger partial charge in [-0.1, -0.05) is 59.8 Å². The molecule has 0 fully saturated rings. The van der Waals surface area contributed by atoms with Crippen LogP contribution in [0.25, 0.3) is 0 Å². The Morgan fingerprint density at radius 2 is 1.68 bits per heavy atom. The van der Waals surface area contributed by atoms with Crippen LogP contribution in [-0.4, -0.2) is 18.5 Å². The zero-order chi connectivity index (χ0) is 13.5. The third-order valence-electron chi connectivity index (χ3n) is 2.75. The SMILES string of the molecule is CN(CC#Cc1ccccc1)Cc1ccccc1Cl. The molecule has 0 radical (unpaired) electrons. The summed E-state index contributed by atoms with van der Waals surface area (Å²) >= 11 is 6.14. The number of benzene rings is 2. The molecule has 2 heteroatoms. The minimum Gasteiger partial charge on any atom is -0.291 e. The van der Waals surface area contributed by atoms with E-state index in [2.05, 4.69) is 16.7 Å².